The highest BCUT2D eigenvalue weighted by Crippen LogP contribution is 2.33. The molecule has 3 rings (SSSR count). The smallest absolute Gasteiger partial charge is 0.356 e. The molecule has 1 atom stereocenters. The van der Waals surface area contributed by atoms with Crippen LogP contribution in [0.15, 0.2) is 36.7 Å². The SMILES string of the molecule is O=C(O)c1cncc(NC2COc3ccccc32)n1. The minimum Gasteiger partial charge on any atom is -0.491 e. The van der Waals surface area contributed by atoms with Gasteiger partial charge >= 0.3 is 5.97 Å². The van der Waals surface area contributed by atoms with E-state index in [1.54, 1.807) is 0 Å². The van der Waals surface area contributed by atoms with E-state index in [4.69, 9.17) is 9.84 Å². The number of anilines is 1. The van der Waals surface area contributed by atoms with Crippen molar-refractivity contribution in [1.82, 2.24) is 9.97 Å². The molecule has 0 radical (unpaired) electrons. The predicted molar refractivity (Wildman–Crippen MR) is 67.3 cm³/mol. The number of fused-ring (bicyclic) bond motifs is 1. The number of carboxylic acids is 1. The van der Waals surface area contributed by atoms with Gasteiger partial charge in [-0.05, 0) is 6.07 Å². The van der Waals surface area contributed by atoms with Crippen molar-refractivity contribution in [2.75, 3.05) is 11.9 Å². The monoisotopic (exact) mass is 257 g/mol. The van der Waals surface area contributed by atoms with Crippen molar-refractivity contribution in [2.24, 2.45) is 0 Å². The van der Waals surface area contributed by atoms with Crippen LogP contribution in [-0.4, -0.2) is 27.7 Å². The first-order valence-corrected chi connectivity index (χ1v) is 5.77. The zero-order valence-electron chi connectivity index (χ0n) is 9.91. The number of aromatic carboxylic acids is 1. The van der Waals surface area contributed by atoms with E-state index in [1.165, 1.54) is 12.4 Å². The summed E-state index contributed by atoms with van der Waals surface area (Å²) in [6, 6.07) is 7.66. The van der Waals surface area contributed by atoms with Crippen LogP contribution in [0, 0.1) is 0 Å². The molecule has 1 aliphatic rings. The molecular formula is C13H11N3O3. The Morgan fingerprint density at radius 2 is 2.21 bits per heavy atom. The van der Waals surface area contributed by atoms with Gasteiger partial charge in [-0.3, -0.25) is 4.98 Å². The number of carbonyl (C=O) groups is 1. The van der Waals surface area contributed by atoms with Crippen LogP contribution in [-0.2, 0) is 0 Å². The maximum absolute atomic E-state index is 10.8. The fourth-order valence-corrected chi connectivity index (χ4v) is 2.00. The van der Waals surface area contributed by atoms with E-state index < -0.39 is 5.97 Å². The van der Waals surface area contributed by atoms with Gasteiger partial charge in [0.25, 0.3) is 0 Å². The molecule has 0 amide bonds. The molecule has 2 N–H and O–H groups in total. The van der Waals surface area contributed by atoms with Gasteiger partial charge in [0.15, 0.2) is 5.69 Å². The lowest BCUT2D eigenvalue weighted by Crippen LogP contribution is -2.14. The summed E-state index contributed by atoms with van der Waals surface area (Å²) in [5, 5.41) is 12.0. The average Bonchev–Trinajstić information content (AvgIpc) is 2.83. The third-order valence-corrected chi connectivity index (χ3v) is 2.88. The molecule has 0 saturated carbocycles. The quantitative estimate of drug-likeness (QED) is 0.871. The average molecular weight is 257 g/mol. The van der Waals surface area contributed by atoms with E-state index in [0.717, 1.165) is 11.3 Å². The number of carboxylic acid groups (broad SMARTS) is 1. The molecule has 19 heavy (non-hydrogen) atoms. The van der Waals surface area contributed by atoms with Crippen molar-refractivity contribution in [3.63, 3.8) is 0 Å². The van der Waals surface area contributed by atoms with Gasteiger partial charge < -0.3 is 15.2 Å². The molecule has 1 aromatic carbocycles. The molecular weight excluding hydrogens is 246 g/mol. The molecule has 0 aliphatic carbocycles. The predicted octanol–water partition coefficient (Wildman–Crippen LogP) is 1.72. The molecule has 96 valence electrons. The second kappa shape index (κ2) is 4.56. The fourth-order valence-electron chi connectivity index (χ4n) is 2.00. The third kappa shape index (κ3) is 2.20. The summed E-state index contributed by atoms with van der Waals surface area (Å²) in [5.74, 6) is 0.159. The van der Waals surface area contributed by atoms with Crippen LogP contribution in [0.2, 0.25) is 0 Å². The van der Waals surface area contributed by atoms with Gasteiger partial charge in [-0.2, -0.15) is 0 Å². The minimum absolute atomic E-state index is 0.0467. The summed E-state index contributed by atoms with van der Waals surface area (Å²) in [7, 11) is 0. The molecule has 6 heteroatoms. The molecule has 2 aromatic rings. The maximum atomic E-state index is 10.8. The highest BCUT2D eigenvalue weighted by Gasteiger charge is 2.23. The summed E-state index contributed by atoms with van der Waals surface area (Å²) < 4.78 is 5.53. The number of ether oxygens (including phenoxy) is 1. The first-order valence-electron chi connectivity index (χ1n) is 5.77. The number of hydrogen-bond donors (Lipinski definition) is 2. The highest BCUT2D eigenvalue weighted by molar-refractivity contribution is 5.85. The van der Waals surface area contributed by atoms with Gasteiger partial charge in [0.05, 0.1) is 18.4 Å². The molecule has 0 bridgehead atoms. The Labute approximate surface area is 109 Å². The van der Waals surface area contributed by atoms with E-state index in [-0.39, 0.29) is 11.7 Å². The van der Waals surface area contributed by atoms with Crippen LogP contribution in [0.25, 0.3) is 0 Å². The number of nitrogens with zero attached hydrogens (tertiary/aromatic N) is 2. The summed E-state index contributed by atoms with van der Waals surface area (Å²) in [6.45, 7) is 0.484. The molecule has 6 nitrogen and oxygen atoms in total. The number of nitrogens with one attached hydrogen (secondary N) is 1. The first-order chi connectivity index (χ1) is 9.24. The van der Waals surface area contributed by atoms with Crippen LogP contribution in [0.4, 0.5) is 5.82 Å². The molecule has 0 fully saturated rings. The van der Waals surface area contributed by atoms with Gasteiger partial charge in [0, 0.05) is 5.56 Å². The van der Waals surface area contributed by atoms with Gasteiger partial charge in [0.1, 0.15) is 18.2 Å². The Hall–Kier alpha value is -2.63. The van der Waals surface area contributed by atoms with Gasteiger partial charge in [-0.25, -0.2) is 9.78 Å². The second-order valence-corrected chi connectivity index (χ2v) is 4.14. The lowest BCUT2D eigenvalue weighted by Gasteiger charge is -2.12. The van der Waals surface area contributed by atoms with Crippen LogP contribution in [0.3, 0.4) is 0 Å². The van der Waals surface area contributed by atoms with Crippen molar-refractivity contribution in [1.29, 1.82) is 0 Å². The first kappa shape index (κ1) is 11.5. The number of hydrogen-bond acceptors (Lipinski definition) is 5. The van der Waals surface area contributed by atoms with E-state index in [9.17, 15) is 4.79 Å². The largest absolute Gasteiger partial charge is 0.491 e. The van der Waals surface area contributed by atoms with Crippen molar-refractivity contribution in [3.05, 3.63) is 47.9 Å². The van der Waals surface area contributed by atoms with E-state index in [1.807, 2.05) is 24.3 Å². The Morgan fingerprint density at radius 1 is 1.37 bits per heavy atom. The van der Waals surface area contributed by atoms with Crippen molar-refractivity contribution in [3.8, 4) is 5.75 Å². The zero-order chi connectivity index (χ0) is 13.2. The lowest BCUT2D eigenvalue weighted by molar-refractivity contribution is 0.0690. The molecule has 1 aromatic heterocycles. The maximum Gasteiger partial charge on any atom is 0.356 e. The van der Waals surface area contributed by atoms with E-state index in [2.05, 4.69) is 15.3 Å². The van der Waals surface area contributed by atoms with Crippen molar-refractivity contribution in [2.45, 2.75) is 6.04 Å². The Kier molecular flexibility index (Phi) is 2.75. The van der Waals surface area contributed by atoms with Crippen LogP contribution < -0.4 is 10.1 Å². The standard InChI is InChI=1S/C13H11N3O3/c17-13(18)9-5-14-6-12(15-9)16-10-7-19-11-4-2-1-3-8(10)11/h1-6,10H,7H2,(H,15,16)(H,17,18). The number of para-hydroxylation sites is 1. The van der Waals surface area contributed by atoms with Crippen LogP contribution >= 0.6 is 0 Å². The second-order valence-electron chi connectivity index (χ2n) is 4.14. The normalized spacial score (nSPS) is 16.5. The van der Waals surface area contributed by atoms with Crippen LogP contribution in [0.1, 0.15) is 22.1 Å². The number of benzene rings is 1. The third-order valence-electron chi connectivity index (χ3n) is 2.88. The molecule has 0 saturated heterocycles. The number of aromatic nitrogens is 2. The van der Waals surface area contributed by atoms with Crippen LogP contribution in [0.5, 0.6) is 5.75 Å². The molecule has 1 aliphatic heterocycles. The lowest BCUT2D eigenvalue weighted by atomic mass is 10.1. The van der Waals surface area contributed by atoms with E-state index in [0.29, 0.717) is 12.4 Å². The molecule has 2 heterocycles. The minimum atomic E-state index is -1.10. The molecule has 0 spiro atoms. The Morgan fingerprint density at radius 3 is 3.05 bits per heavy atom. The molecule has 1 unspecified atom stereocenters. The number of rotatable bonds is 3. The zero-order valence-corrected chi connectivity index (χ0v) is 9.91. The Balaban J connectivity index is 1.83. The van der Waals surface area contributed by atoms with Gasteiger partial charge in [-0.1, -0.05) is 18.2 Å². The van der Waals surface area contributed by atoms with Gasteiger partial charge in [-0.15, -0.1) is 0 Å². The summed E-state index contributed by atoms with van der Waals surface area (Å²) >= 11 is 0. The highest BCUT2D eigenvalue weighted by atomic mass is 16.5. The van der Waals surface area contributed by atoms with Gasteiger partial charge in [0.2, 0.25) is 0 Å². The summed E-state index contributed by atoms with van der Waals surface area (Å²) in [4.78, 5) is 18.7. The van der Waals surface area contributed by atoms with Crippen molar-refractivity contribution < 1.29 is 14.6 Å². The van der Waals surface area contributed by atoms with E-state index >= 15 is 0 Å². The topological polar surface area (TPSA) is 84.3 Å². The summed E-state index contributed by atoms with van der Waals surface area (Å²) in [6.07, 6.45) is 2.71. The van der Waals surface area contributed by atoms with Crippen molar-refractivity contribution >= 4 is 11.8 Å². The fraction of sp³-hybridized carbons (Fsp3) is 0.154. The Bertz CT molecular complexity index is 630. The summed E-state index contributed by atoms with van der Waals surface area (Å²) in [5.41, 5.74) is 0.947.